The smallest absolute Gasteiger partial charge is 0.246 e. The average molecular weight is 764 g/mol. The quantitative estimate of drug-likeness (QED) is 0.0983. The van der Waals surface area contributed by atoms with E-state index in [0.717, 1.165) is 24.2 Å². The van der Waals surface area contributed by atoms with Crippen molar-refractivity contribution < 1.29 is 38.2 Å². The van der Waals surface area contributed by atoms with Crippen molar-refractivity contribution in [3.8, 4) is 0 Å². The highest BCUT2D eigenvalue weighted by Gasteiger charge is 2.50. The maximum atomic E-state index is 14.1. The van der Waals surface area contributed by atoms with Gasteiger partial charge in [0.15, 0.2) is 5.78 Å². The van der Waals surface area contributed by atoms with Gasteiger partial charge in [-0.15, -0.1) is 0 Å². The lowest BCUT2D eigenvalue weighted by atomic mass is 9.93. The Balaban J connectivity index is 1.46. The molecule has 55 heavy (non-hydrogen) atoms. The van der Waals surface area contributed by atoms with E-state index in [1.165, 1.54) is 0 Å². The van der Waals surface area contributed by atoms with Crippen LogP contribution in [-0.2, 0) is 51.0 Å². The summed E-state index contributed by atoms with van der Waals surface area (Å²) in [5.74, 6) is -2.07. The van der Waals surface area contributed by atoms with Crippen LogP contribution in [0.25, 0.3) is 0 Å². The Morgan fingerprint density at radius 1 is 0.727 bits per heavy atom. The Morgan fingerprint density at radius 3 is 1.85 bits per heavy atom. The highest BCUT2D eigenvalue weighted by atomic mass is 16.6. The number of hydrogen-bond donors (Lipinski definition) is 4. The van der Waals surface area contributed by atoms with Gasteiger partial charge in [0, 0.05) is 26.1 Å². The molecule has 4 amide bonds. The second-order valence-corrected chi connectivity index (χ2v) is 15.7. The van der Waals surface area contributed by atoms with Crippen LogP contribution in [0.1, 0.15) is 65.0 Å². The summed E-state index contributed by atoms with van der Waals surface area (Å²) in [6, 6.07) is 15.1. The summed E-state index contributed by atoms with van der Waals surface area (Å²) >= 11 is 0. The number of morpholine rings is 1. The molecule has 0 spiro atoms. The standard InChI is InChI=1S/C42H61N5O8/c1-29(2)24-34(38(49)42(5)28-55-42)44-41(52)36(26-32-14-10-7-11-15-32)46-40(51)35(25-30(3)4)45-39(50)33(17-16-31-12-8-6-9-13-31)43-37(48)27-54-23-20-47-18-21-53-22-19-47/h6-15,29-30,33-36H,16-28H2,1-5H3,(H,43,48)(H,44,52)(H,45,50)(H,46,51)/t33-,34-,35?,36-,42+/m0/s1. The summed E-state index contributed by atoms with van der Waals surface area (Å²) in [6.07, 6.45) is 1.66. The topological polar surface area (TPSA) is 168 Å². The number of ketones is 1. The van der Waals surface area contributed by atoms with Crippen molar-refractivity contribution in [2.45, 2.75) is 96.5 Å². The first-order valence-electron chi connectivity index (χ1n) is 19.7. The number of nitrogens with one attached hydrogen (secondary N) is 4. The SMILES string of the molecule is CC(C)CC(NC(=O)[C@H](CCc1ccccc1)NC(=O)COCCN1CCOCC1)C(=O)N[C@@H](Cc1ccccc1)C(=O)N[C@@H](CC(C)C)C(=O)[C@@]1(C)CO1. The molecule has 0 radical (unpaired) electrons. The van der Waals surface area contributed by atoms with Crippen LogP contribution in [0.3, 0.4) is 0 Å². The Bertz CT molecular complexity index is 1530. The molecular formula is C42H61N5O8. The minimum absolute atomic E-state index is 0.00186. The minimum Gasteiger partial charge on any atom is -0.379 e. The van der Waals surface area contributed by atoms with Gasteiger partial charge in [-0.05, 0) is 55.6 Å². The summed E-state index contributed by atoms with van der Waals surface area (Å²) < 4.78 is 16.5. The van der Waals surface area contributed by atoms with E-state index in [1.807, 2.05) is 88.4 Å². The van der Waals surface area contributed by atoms with Gasteiger partial charge in [-0.2, -0.15) is 0 Å². The second-order valence-electron chi connectivity index (χ2n) is 15.7. The molecule has 2 aliphatic heterocycles. The second kappa shape index (κ2) is 21.8. The summed E-state index contributed by atoms with van der Waals surface area (Å²) in [5.41, 5.74) is 0.880. The van der Waals surface area contributed by atoms with Crippen LogP contribution in [0.15, 0.2) is 60.7 Å². The lowest BCUT2D eigenvalue weighted by Gasteiger charge is -2.28. The number of carbonyl (C=O) groups excluding carboxylic acids is 5. The first kappa shape index (κ1) is 43.6. The molecule has 2 fully saturated rings. The number of hydrogen-bond acceptors (Lipinski definition) is 9. The Kier molecular flexibility index (Phi) is 17.3. The molecule has 302 valence electrons. The largest absolute Gasteiger partial charge is 0.379 e. The van der Waals surface area contributed by atoms with Crippen molar-refractivity contribution in [3.63, 3.8) is 0 Å². The van der Waals surface area contributed by atoms with Crippen molar-refractivity contribution in [3.05, 3.63) is 71.8 Å². The lowest BCUT2D eigenvalue weighted by Crippen LogP contribution is -2.59. The number of nitrogens with zero attached hydrogens (tertiary/aromatic N) is 1. The van der Waals surface area contributed by atoms with Crippen LogP contribution < -0.4 is 21.3 Å². The predicted octanol–water partition coefficient (Wildman–Crippen LogP) is 2.60. The van der Waals surface area contributed by atoms with Gasteiger partial charge in [-0.1, -0.05) is 88.4 Å². The first-order chi connectivity index (χ1) is 26.3. The van der Waals surface area contributed by atoms with Gasteiger partial charge in [-0.3, -0.25) is 28.9 Å². The van der Waals surface area contributed by atoms with E-state index >= 15 is 0 Å². The Morgan fingerprint density at radius 2 is 1.25 bits per heavy atom. The highest BCUT2D eigenvalue weighted by molar-refractivity contribution is 5.98. The van der Waals surface area contributed by atoms with E-state index in [-0.39, 0.29) is 37.1 Å². The van der Waals surface area contributed by atoms with Crippen LogP contribution >= 0.6 is 0 Å². The molecule has 4 rings (SSSR count). The lowest BCUT2D eigenvalue weighted by molar-refractivity contribution is -0.135. The van der Waals surface area contributed by atoms with E-state index in [4.69, 9.17) is 14.2 Å². The van der Waals surface area contributed by atoms with Crippen molar-refractivity contribution in [1.29, 1.82) is 0 Å². The Labute approximate surface area is 326 Å². The normalized spacial score (nSPS) is 19.2. The summed E-state index contributed by atoms with van der Waals surface area (Å²) in [4.78, 5) is 70.7. The van der Waals surface area contributed by atoms with Gasteiger partial charge in [0.25, 0.3) is 0 Å². The molecular weight excluding hydrogens is 702 g/mol. The Hall–Kier alpha value is -4.17. The molecule has 5 atom stereocenters. The number of aryl methyl sites for hydroxylation is 1. The van der Waals surface area contributed by atoms with Gasteiger partial charge in [0.1, 0.15) is 30.3 Å². The van der Waals surface area contributed by atoms with Gasteiger partial charge in [-0.25, -0.2) is 0 Å². The van der Waals surface area contributed by atoms with Crippen LogP contribution in [0.4, 0.5) is 0 Å². The molecule has 2 aromatic carbocycles. The molecule has 2 heterocycles. The third kappa shape index (κ3) is 15.1. The molecule has 2 aliphatic rings. The zero-order valence-corrected chi connectivity index (χ0v) is 33.1. The van der Waals surface area contributed by atoms with E-state index in [9.17, 15) is 24.0 Å². The number of carbonyl (C=O) groups is 5. The van der Waals surface area contributed by atoms with E-state index in [1.54, 1.807) is 6.92 Å². The van der Waals surface area contributed by atoms with Crippen molar-refractivity contribution >= 4 is 29.4 Å². The number of ether oxygens (including phenoxy) is 3. The van der Waals surface area contributed by atoms with Crippen LogP contribution in [-0.4, -0.2) is 117 Å². The average Bonchev–Trinajstić information content (AvgIpc) is 3.92. The van der Waals surface area contributed by atoms with Crippen LogP contribution in [0, 0.1) is 11.8 Å². The van der Waals surface area contributed by atoms with Gasteiger partial charge < -0.3 is 35.5 Å². The van der Waals surface area contributed by atoms with Crippen LogP contribution in [0.2, 0.25) is 0 Å². The highest BCUT2D eigenvalue weighted by Crippen LogP contribution is 2.29. The molecule has 2 aromatic rings. The molecule has 0 bridgehead atoms. The number of rotatable bonds is 23. The van der Waals surface area contributed by atoms with Crippen molar-refractivity contribution in [2.75, 3.05) is 52.7 Å². The maximum absolute atomic E-state index is 14.1. The molecule has 13 heteroatoms. The van der Waals surface area contributed by atoms with E-state index < -0.39 is 53.4 Å². The van der Waals surface area contributed by atoms with E-state index in [2.05, 4.69) is 26.2 Å². The molecule has 13 nitrogen and oxygen atoms in total. The number of benzene rings is 2. The number of Topliss-reactive ketones (excluding diaryl/α,β-unsaturated/α-hetero) is 1. The number of amides is 4. The third-order valence-electron chi connectivity index (χ3n) is 9.80. The summed E-state index contributed by atoms with van der Waals surface area (Å²) in [7, 11) is 0. The monoisotopic (exact) mass is 763 g/mol. The maximum Gasteiger partial charge on any atom is 0.246 e. The van der Waals surface area contributed by atoms with E-state index in [0.29, 0.717) is 52.2 Å². The van der Waals surface area contributed by atoms with Gasteiger partial charge in [0.05, 0.1) is 32.5 Å². The molecule has 2 saturated heterocycles. The number of epoxide rings is 1. The first-order valence-corrected chi connectivity index (χ1v) is 19.7. The third-order valence-corrected chi connectivity index (χ3v) is 9.80. The molecule has 4 N–H and O–H groups in total. The fraction of sp³-hybridized carbons (Fsp3) is 0.595. The van der Waals surface area contributed by atoms with Crippen molar-refractivity contribution in [2.24, 2.45) is 11.8 Å². The fourth-order valence-electron chi connectivity index (χ4n) is 6.54. The van der Waals surface area contributed by atoms with Gasteiger partial charge >= 0.3 is 0 Å². The van der Waals surface area contributed by atoms with Crippen LogP contribution in [0.5, 0.6) is 0 Å². The zero-order chi connectivity index (χ0) is 39.8. The van der Waals surface area contributed by atoms with Gasteiger partial charge in [0.2, 0.25) is 23.6 Å². The zero-order valence-electron chi connectivity index (χ0n) is 33.1. The predicted molar refractivity (Wildman–Crippen MR) is 209 cm³/mol. The summed E-state index contributed by atoms with van der Waals surface area (Å²) in [5, 5.41) is 11.5. The minimum atomic E-state index is -1.04. The molecule has 0 aliphatic carbocycles. The molecule has 1 unspecified atom stereocenters. The molecule has 0 saturated carbocycles. The fourth-order valence-corrected chi connectivity index (χ4v) is 6.54. The van der Waals surface area contributed by atoms with Crippen molar-refractivity contribution in [1.82, 2.24) is 26.2 Å². The molecule has 0 aromatic heterocycles. The summed E-state index contributed by atoms with van der Waals surface area (Å²) in [6.45, 7) is 13.6.